The van der Waals surface area contributed by atoms with Crippen molar-refractivity contribution in [1.29, 1.82) is 0 Å². The molecular weight excluding hydrogens is 220 g/mol. The summed E-state index contributed by atoms with van der Waals surface area (Å²) in [4.78, 5) is 2.44. The minimum absolute atomic E-state index is 0.181. The molecule has 1 aromatic rings. The number of rotatable bonds is 5. The Balaban J connectivity index is 2.68. The standard InChI is InChI=1S/C16H28N2/c1-7-18(14(3)12-17-16(4,5)6)15-10-8-13(2)9-11-15/h8-11,14,17H,7,12H2,1-6H3. The molecule has 0 aliphatic carbocycles. The van der Waals surface area contributed by atoms with Crippen molar-refractivity contribution in [3.05, 3.63) is 29.8 Å². The van der Waals surface area contributed by atoms with Gasteiger partial charge in [0.25, 0.3) is 0 Å². The van der Waals surface area contributed by atoms with Gasteiger partial charge in [-0.25, -0.2) is 0 Å². The normalized spacial score (nSPS) is 13.4. The third-order valence-corrected chi connectivity index (χ3v) is 3.17. The maximum Gasteiger partial charge on any atom is 0.0386 e. The van der Waals surface area contributed by atoms with Crippen molar-refractivity contribution in [1.82, 2.24) is 5.32 Å². The summed E-state index contributed by atoms with van der Waals surface area (Å²) >= 11 is 0. The molecule has 0 spiro atoms. The first kappa shape index (κ1) is 15.0. The summed E-state index contributed by atoms with van der Waals surface area (Å²) in [7, 11) is 0. The van der Waals surface area contributed by atoms with Gasteiger partial charge in [-0.2, -0.15) is 0 Å². The van der Waals surface area contributed by atoms with Gasteiger partial charge >= 0.3 is 0 Å². The Hall–Kier alpha value is -1.02. The van der Waals surface area contributed by atoms with Crippen molar-refractivity contribution in [3.63, 3.8) is 0 Å². The lowest BCUT2D eigenvalue weighted by Gasteiger charge is -2.33. The maximum absolute atomic E-state index is 3.58. The number of hydrogen-bond donors (Lipinski definition) is 1. The molecule has 1 atom stereocenters. The molecule has 0 aliphatic rings. The summed E-state index contributed by atoms with van der Waals surface area (Å²) in [6.07, 6.45) is 0. The Morgan fingerprint density at radius 1 is 1.17 bits per heavy atom. The zero-order valence-electron chi connectivity index (χ0n) is 12.7. The molecule has 18 heavy (non-hydrogen) atoms. The first-order valence-corrected chi connectivity index (χ1v) is 6.92. The van der Waals surface area contributed by atoms with E-state index < -0.39 is 0 Å². The Morgan fingerprint density at radius 2 is 1.72 bits per heavy atom. The van der Waals surface area contributed by atoms with E-state index in [0.29, 0.717) is 6.04 Å². The number of aryl methyl sites for hydroxylation is 1. The minimum atomic E-state index is 0.181. The van der Waals surface area contributed by atoms with Crippen LogP contribution in [0.5, 0.6) is 0 Å². The van der Waals surface area contributed by atoms with Gasteiger partial charge in [0.2, 0.25) is 0 Å². The summed E-state index contributed by atoms with van der Waals surface area (Å²) in [5.74, 6) is 0. The molecule has 2 heteroatoms. The van der Waals surface area contributed by atoms with Crippen molar-refractivity contribution < 1.29 is 0 Å². The summed E-state index contributed by atoms with van der Waals surface area (Å²) in [5, 5.41) is 3.58. The van der Waals surface area contributed by atoms with Crippen LogP contribution in [0.15, 0.2) is 24.3 Å². The van der Waals surface area contributed by atoms with Crippen LogP contribution in [0.3, 0.4) is 0 Å². The lowest BCUT2D eigenvalue weighted by Crippen LogP contribution is -2.46. The molecule has 2 nitrogen and oxygen atoms in total. The fraction of sp³-hybridized carbons (Fsp3) is 0.625. The largest absolute Gasteiger partial charge is 0.368 e. The predicted octanol–water partition coefficient (Wildman–Crippen LogP) is 3.60. The Morgan fingerprint density at radius 3 is 2.17 bits per heavy atom. The number of benzene rings is 1. The topological polar surface area (TPSA) is 15.3 Å². The number of anilines is 1. The van der Waals surface area contributed by atoms with E-state index in [2.05, 4.69) is 76.0 Å². The number of likely N-dealkylation sites (N-methyl/N-ethyl adjacent to an activating group) is 1. The van der Waals surface area contributed by atoms with E-state index in [0.717, 1.165) is 13.1 Å². The van der Waals surface area contributed by atoms with Crippen LogP contribution in [0, 0.1) is 6.92 Å². The van der Waals surface area contributed by atoms with Gasteiger partial charge in [-0.05, 0) is 53.7 Å². The van der Waals surface area contributed by atoms with Gasteiger partial charge in [0.05, 0.1) is 0 Å². The van der Waals surface area contributed by atoms with Crippen LogP contribution in [0.25, 0.3) is 0 Å². The highest BCUT2D eigenvalue weighted by Crippen LogP contribution is 2.17. The Kier molecular flexibility index (Phi) is 5.21. The average molecular weight is 248 g/mol. The second-order valence-electron chi connectivity index (χ2n) is 6.10. The number of nitrogens with zero attached hydrogens (tertiary/aromatic N) is 1. The van der Waals surface area contributed by atoms with Gasteiger partial charge in [0.15, 0.2) is 0 Å². The highest BCUT2D eigenvalue weighted by molar-refractivity contribution is 5.48. The summed E-state index contributed by atoms with van der Waals surface area (Å²) in [6.45, 7) is 15.3. The third kappa shape index (κ3) is 4.69. The van der Waals surface area contributed by atoms with Crippen LogP contribution in [0.4, 0.5) is 5.69 Å². The van der Waals surface area contributed by atoms with Crippen LogP contribution in [-0.4, -0.2) is 24.7 Å². The van der Waals surface area contributed by atoms with E-state index in [-0.39, 0.29) is 5.54 Å². The molecule has 0 radical (unpaired) electrons. The first-order valence-electron chi connectivity index (χ1n) is 6.92. The zero-order chi connectivity index (χ0) is 13.8. The fourth-order valence-electron chi connectivity index (χ4n) is 2.05. The summed E-state index contributed by atoms with van der Waals surface area (Å²) in [5.41, 5.74) is 2.81. The van der Waals surface area contributed by atoms with Crippen molar-refractivity contribution in [3.8, 4) is 0 Å². The smallest absolute Gasteiger partial charge is 0.0386 e. The SMILES string of the molecule is CCN(c1ccc(C)cc1)C(C)CNC(C)(C)C. The molecule has 0 bridgehead atoms. The molecule has 0 aliphatic heterocycles. The second-order valence-corrected chi connectivity index (χ2v) is 6.10. The minimum Gasteiger partial charge on any atom is -0.368 e. The van der Waals surface area contributed by atoms with Gasteiger partial charge < -0.3 is 10.2 Å². The molecule has 0 saturated heterocycles. The van der Waals surface area contributed by atoms with Gasteiger partial charge in [-0.3, -0.25) is 0 Å². The molecule has 0 heterocycles. The highest BCUT2D eigenvalue weighted by atomic mass is 15.2. The maximum atomic E-state index is 3.58. The molecule has 0 aromatic heterocycles. The second kappa shape index (κ2) is 6.24. The van der Waals surface area contributed by atoms with E-state index in [4.69, 9.17) is 0 Å². The average Bonchev–Trinajstić information content (AvgIpc) is 2.29. The monoisotopic (exact) mass is 248 g/mol. The molecule has 0 fully saturated rings. The van der Waals surface area contributed by atoms with E-state index in [1.54, 1.807) is 0 Å². The molecule has 1 rings (SSSR count). The van der Waals surface area contributed by atoms with Crippen LogP contribution in [-0.2, 0) is 0 Å². The third-order valence-electron chi connectivity index (χ3n) is 3.17. The van der Waals surface area contributed by atoms with Crippen molar-refractivity contribution in [2.75, 3.05) is 18.0 Å². The molecule has 1 aromatic carbocycles. The summed E-state index contributed by atoms with van der Waals surface area (Å²) in [6, 6.07) is 9.29. The summed E-state index contributed by atoms with van der Waals surface area (Å²) < 4.78 is 0. The van der Waals surface area contributed by atoms with Crippen molar-refractivity contribution in [2.45, 2.75) is 53.1 Å². The van der Waals surface area contributed by atoms with Gasteiger partial charge in [-0.15, -0.1) is 0 Å². The molecule has 0 saturated carbocycles. The van der Waals surface area contributed by atoms with Crippen LogP contribution in [0.2, 0.25) is 0 Å². The first-order chi connectivity index (χ1) is 8.33. The lowest BCUT2D eigenvalue weighted by atomic mass is 10.1. The van der Waals surface area contributed by atoms with Crippen molar-refractivity contribution >= 4 is 5.69 Å². The predicted molar refractivity (Wildman–Crippen MR) is 81.4 cm³/mol. The van der Waals surface area contributed by atoms with Crippen LogP contribution < -0.4 is 10.2 Å². The highest BCUT2D eigenvalue weighted by Gasteiger charge is 2.16. The van der Waals surface area contributed by atoms with Gasteiger partial charge in [0, 0.05) is 30.4 Å². The fourth-order valence-corrected chi connectivity index (χ4v) is 2.05. The van der Waals surface area contributed by atoms with Gasteiger partial charge in [0.1, 0.15) is 0 Å². The quantitative estimate of drug-likeness (QED) is 0.856. The van der Waals surface area contributed by atoms with Crippen LogP contribution >= 0.6 is 0 Å². The van der Waals surface area contributed by atoms with Crippen LogP contribution in [0.1, 0.15) is 40.2 Å². The van der Waals surface area contributed by atoms with E-state index >= 15 is 0 Å². The molecule has 1 N–H and O–H groups in total. The lowest BCUT2D eigenvalue weighted by molar-refractivity contribution is 0.405. The zero-order valence-corrected chi connectivity index (χ0v) is 12.7. The molecular formula is C16H28N2. The van der Waals surface area contributed by atoms with E-state index in [1.165, 1.54) is 11.3 Å². The number of hydrogen-bond acceptors (Lipinski definition) is 2. The number of nitrogens with one attached hydrogen (secondary N) is 1. The molecule has 102 valence electrons. The molecule has 1 unspecified atom stereocenters. The Bertz CT molecular complexity index is 348. The van der Waals surface area contributed by atoms with Gasteiger partial charge in [-0.1, -0.05) is 17.7 Å². The van der Waals surface area contributed by atoms with E-state index in [9.17, 15) is 0 Å². The van der Waals surface area contributed by atoms with E-state index in [1.807, 2.05) is 0 Å². The Labute approximate surface area is 112 Å². The molecule has 0 amide bonds. The van der Waals surface area contributed by atoms with Crippen molar-refractivity contribution in [2.24, 2.45) is 0 Å².